The molecule has 4 heteroatoms. The van der Waals surface area contributed by atoms with Crippen molar-refractivity contribution in [3.63, 3.8) is 0 Å². The van der Waals surface area contributed by atoms with E-state index in [1.807, 2.05) is 32.0 Å². The van der Waals surface area contributed by atoms with Crippen LogP contribution in [0.5, 0.6) is 0 Å². The fourth-order valence-electron chi connectivity index (χ4n) is 2.89. The highest BCUT2D eigenvalue weighted by Crippen LogP contribution is 2.22. The van der Waals surface area contributed by atoms with E-state index in [2.05, 4.69) is 10.6 Å². The van der Waals surface area contributed by atoms with Crippen LogP contribution in [0.25, 0.3) is 0 Å². The Balaban J connectivity index is 2.06. The molecule has 0 spiro atoms. The van der Waals surface area contributed by atoms with Gasteiger partial charge in [0.25, 0.3) is 0 Å². The second-order valence-electron chi connectivity index (χ2n) is 5.57. The molecule has 1 fully saturated rings. The van der Waals surface area contributed by atoms with Crippen LogP contribution in [0.4, 0.5) is 5.69 Å². The Morgan fingerprint density at radius 1 is 1.05 bits per heavy atom. The lowest BCUT2D eigenvalue weighted by Gasteiger charge is -2.15. The number of nitrogens with one attached hydrogen (secondary N) is 2. The van der Waals surface area contributed by atoms with Gasteiger partial charge in [0.15, 0.2) is 0 Å². The van der Waals surface area contributed by atoms with Gasteiger partial charge in [0.2, 0.25) is 0 Å². The number of rotatable bonds is 4. The maximum absolute atomic E-state index is 12.1. The highest BCUT2D eigenvalue weighted by Gasteiger charge is 2.22. The van der Waals surface area contributed by atoms with Gasteiger partial charge in [-0.05, 0) is 36.8 Å². The van der Waals surface area contributed by atoms with E-state index >= 15 is 0 Å². The first-order valence-electron chi connectivity index (χ1n) is 7.88. The molecular weight excluding hydrogens is 264 g/mol. The lowest BCUT2D eigenvalue weighted by molar-refractivity contribution is -0.136. The van der Waals surface area contributed by atoms with Crippen LogP contribution in [0.3, 0.4) is 0 Å². The second kappa shape index (κ2) is 7.25. The van der Waals surface area contributed by atoms with E-state index in [0.29, 0.717) is 0 Å². The van der Waals surface area contributed by atoms with Crippen LogP contribution < -0.4 is 10.6 Å². The summed E-state index contributed by atoms with van der Waals surface area (Å²) in [4.78, 5) is 24.1. The number of hydrogen-bond donors (Lipinski definition) is 2. The summed E-state index contributed by atoms with van der Waals surface area (Å²) < 4.78 is 0. The molecule has 1 aliphatic rings. The molecule has 1 aliphatic carbocycles. The molecule has 0 atom stereocenters. The Hall–Kier alpha value is -1.84. The topological polar surface area (TPSA) is 58.2 Å². The molecule has 0 bridgehead atoms. The van der Waals surface area contributed by atoms with Crippen molar-refractivity contribution >= 4 is 17.5 Å². The number of amides is 2. The summed E-state index contributed by atoms with van der Waals surface area (Å²) in [6, 6.07) is 6.13. The molecule has 2 N–H and O–H groups in total. The first kappa shape index (κ1) is 15.5. The van der Waals surface area contributed by atoms with Gasteiger partial charge in [-0.3, -0.25) is 9.59 Å². The third-order valence-corrected chi connectivity index (χ3v) is 4.13. The minimum absolute atomic E-state index is 0.162. The van der Waals surface area contributed by atoms with Gasteiger partial charge in [-0.15, -0.1) is 0 Å². The van der Waals surface area contributed by atoms with Crippen LogP contribution in [0.2, 0.25) is 0 Å². The molecule has 0 unspecified atom stereocenters. The summed E-state index contributed by atoms with van der Waals surface area (Å²) >= 11 is 0. The van der Waals surface area contributed by atoms with Gasteiger partial charge in [-0.1, -0.05) is 44.9 Å². The van der Waals surface area contributed by atoms with E-state index < -0.39 is 11.8 Å². The Morgan fingerprint density at radius 3 is 2.14 bits per heavy atom. The van der Waals surface area contributed by atoms with Crippen LogP contribution in [0.1, 0.15) is 50.7 Å². The minimum atomic E-state index is -0.558. The van der Waals surface area contributed by atoms with Crippen molar-refractivity contribution in [3.8, 4) is 0 Å². The lowest BCUT2D eigenvalue weighted by Crippen LogP contribution is -2.40. The van der Waals surface area contributed by atoms with Gasteiger partial charge in [-0.2, -0.15) is 0 Å². The van der Waals surface area contributed by atoms with E-state index in [1.54, 1.807) is 0 Å². The number of carbonyl (C=O) groups excluding carboxylic acids is 2. The summed E-state index contributed by atoms with van der Waals surface area (Å²) in [5, 5.41) is 5.63. The first-order valence-corrected chi connectivity index (χ1v) is 7.88. The van der Waals surface area contributed by atoms with Gasteiger partial charge >= 0.3 is 11.8 Å². The van der Waals surface area contributed by atoms with E-state index in [4.69, 9.17) is 0 Å². The van der Waals surface area contributed by atoms with Crippen LogP contribution in [0, 0.1) is 0 Å². The summed E-state index contributed by atoms with van der Waals surface area (Å²) in [6.07, 6.45) is 5.87. The summed E-state index contributed by atoms with van der Waals surface area (Å²) in [5.74, 6) is -1.08. The van der Waals surface area contributed by atoms with Crippen LogP contribution >= 0.6 is 0 Å². The Labute approximate surface area is 126 Å². The fourth-order valence-corrected chi connectivity index (χ4v) is 2.89. The molecule has 0 aromatic heterocycles. The Kier molecular flexibility index (Phi) is 5.37. The van der Waals surface area contributed by atoms with Crippen LogP contribution in [-0.2, 0) is 22.4 Å². The SMILES string of the molecule is CCc1cccc(CC)c1NC(=O)C(=O)NC1CCCC1. The molecule has 0 saturated heterocycles. The normalized spacial score (nSPS) is 15.0. The van der Waals surface area contributed by atoms with Crippen molar-refractivity contribution in [2.24, 2.45) is 0 Å². The van der Waals surface area contributed by atoms with Crippen molar-refractivity contribution in [3.05, 3.63) is 29.3 Å². The molecule has 0 radical (unpaired) electrons. The second-order valence-corrected chi connectivity index (χ2v) is 5.57. The Bertz CT molecular complexity index is 497. The number of anilines is 1. The van der Waals surface area contributed by atoms with Crippen LogP contribution in [0.15, 0.2) is 18.2 Å². The van der Waals surface area contributed by atoms with Gasteiger partial charge in [-0.25, -0.2) is 0 Å². The van der Waals surface area contributed by atoms with E-state index in [-0.39, 0.29) is 6.04 Å². The first-order chi connectivity index (χ1) is 10.2. The average molecular weight is 288 g/mol. The maximum Gasteiger partial charge on any atom is 0.313 e. The number of benzene rings is 1. The van der Waals surface area contributed by atoms with Crippen molar-refractivity contribution in [1.82, 2.24) is 5.32 Å². The zero-order valence-electron chi connectivity index (χ0n) is 12.9. The highest BCUT2D eigenvalue weighted by atomic mass is 16.2. The van der Waals surface area contributed by atoms with Crippen molar-refractivity contribution in [2.75, 3.05) is 5.32 Å². The Morgan fingerprint density at radius 2 is 1.62 bits per heavy atom. The molecule has 4 nitrogen and oxygen atoms in total. The van der Waals surface area contributed by atoms with Gasteiger partial charge < -0.3 is 10.6 Å². The zero-order chi connectivity index (χ0) is 15.2. The molecule has 1 saturated carbocycles. The molecule has 0 heterocycles. The molecule has 0 aliphatic heterocycles. The van der Waals surface area contributed by atoms with Crippen molar-refractivity contribution in [1.29, 1.82) is 0 Å². The highest BCUT2D eigenvalue weighted by molar-refractivity contribution is 6.39. The predicted molar refractivity (Wildman–Crippen MR) is 84.2 cm³/mol. The standard InChI is InChI=1S/C17H24N2O2/c1-3-12-8-7-9-13(4-2)15(12)19-17(21)16(20)18-14-10-5-6-11-14/h7-9,14H,3-6,10-11H2,1-2H3,(H,18,20)(H,19,21). The van der Waals surface area contributed by atoms with Crippen LogP contribution in [-0.4, -0.2) is 17.9 Å². The summed E-state index contributed by atoms with van der Waals surface area (Å²) in [5.41, 5.74) is 2.93. The quantitative estimate of drug-likeness (QED) is 0.837. The van der Waals surface area contributed by atoms with E-state index in [9.17, 15) is 9.59 Å². The van der Waals surface area contributed by atoms with E-state index in [1.165, 1.54) is 0 Å². The number of hydrogen-bond acceptors (Lipinski definition) is 2. The van der Waals surface area contributed by atoms with Crippen molar-refractivity contribution < 1.29 is 9.59 Å². The molecular formula is C17H24N2O2. The maximum atomic E-state index is 12.1. The number of carbonyl (C=O) groups is 2. The van der Waals surface area contributed by atoms with Gasteiger partial charge in [0.1, 0.15) is 0 Å². The van der Waals surface area contributed by atoms with Gasteiger partial charge in [0.05, 0.1) is 0 Å². The lowest BCUT2D eigenvalue weighted by atomic mass is 10.0. The molecule has 2 amide bonds. The monoisotopic (exact) mass is 288 g/mol. The summed E-state index contributed by atoms with van der Waals surface area (Å²) in [7, 11) is 0. The van der Waals surface area contributed by atoms with E-state index in [0.717, 1.165) is 55.3 Å². The number of para-hydroxylation sites is 1. The largest absolute Gasteiger partial charge is 0.345 e. The molecule has 114 valence electrons. The summed E-state index contributed by atoms with van der Waals surface area (Å²) in [6.45, 7) is 4.09. The smallest absolute Gasteiger partial charge is 0.313 e. The molecule has 1 aromatic carbocycles. The number of aryl methyl sites for hydroxylation is 2. The fraction of sp³-hybridized carbons (Fsp3) is 0.529. The average Bonchev–Trinajstić information content (AvgIpc) is 3.00. The molecule has 2 rings (SSSR count). The minimum Gasteiger partial charge on any atom is -0.345 e. The van der Waals surface area contributed by atoms with Crippen molar-refractivity contribution in [2.45, 2.75) is 58.4 Å². The zero-order valence-corrected chi connectivity index (χ0v) is 12.9. The third-order valence-electron chi connectivity index (χ3n) is 4.13. The predicted octanol–water partition coefficient (Wildman–Crippen LogP) is 2.81. The molecule has 1 aromatic rings. The third kappa shape index (κ3) is 3.84. The van der Waals surface area contributed by atoms with Gasteiger partial charge in [0, 0.05) is 11.7 Å². The molecule has 21 heavy (non-hydrogen) atoms.